The summed E-state index contributed by atoms with van der Waals surface area (Å²) in [6, 6.07) is 2.82. The van der Waals surface area contributed by atoms with Gasteiger partial charge < -0.3 is 84.9 Å². The van der Waals surface area contributed by atoms with Crippen molar-refractivity contribution in [2.75, 3.05) is 19.7 Å². The van der Waals surface area contributed by atoms with E-state index in [1.54, 1.807) is 74.6 Å². The summed E-state index contributed by atoms with van der Waals surface area (Å²) in [4.78, 5) is 171. The zero-order chi connectivity index (χ0) is 58.5. The number of carbonyl (C=O) groups is 13. The molecule has 9 atom stereocenters. The fourth-order valence-electron chi connectivity index (χ4n) is 8.11. The molecule has 2 heterocycles. The summed E-state index contributed by atoms with van der Waals surface area (Å²) in [6.45, 7) is 1.90. The lowest BCUT2D eigenvalue weighted by Crippen LogP contribution is -2.62. The summed E-state index contributed by atoms with van der Waals surface area (Å²) in [5.41, 5.74) is 12.0. The molecule has 29 heteroatoms. The van der Waals surface area contributed by atoms with Crippen LogP contribution in [0.1, 0.15) is 64.0 Å². The Morgan fingerprint density at radius 2 is 1.19 bits per heavy atom. The number of nitrogens with two attached hydrogens (primary N) is 2. The molecule has 3 aromatic rings. The first kappa shape index (κ1) is 62.5. The summed E-state index contributed by atoms with van der Waals surface area (Å²) in [7, 11) is 0. The van der Waals surface area contributed by atoms with Crippen LogP contribution in [0.2, 0.25) is 0 Å². The van der Waals surface area contributed by atoms with Gasteiger partial charge in [0.15, 0.2) is 0 Å². The van der Waals surface area contributed by atoms with E-state index in [4.69, 9.17) is 11.5 Å². The fraction of sp³-hybridized carbons (Fsp3) is 0.460. The van der Waals surface area contributed by atoms with Crippen molar-refractivity contribution in [3.63, 3.8) is 0 Å². The molecule has 0 unspecified atom stereocenters. The van der Waals surface area contributed by atoms with Gasteiger partial charge in [-0.3, -0.25) is 62.3 Å². The Labute approximate surface area is 451 Å². The molecule has 0 radical (unpaired) electrons. The quantitative estimate of drug-likeness (QED) is 0.0285. The van der Waals surface area contributed by atoms with E-state index < -0.39 is 158 Å². The highest BCUT2D eigenvalue weighted by Gasteiger charge is 2.37. The number of para-hydroxylation sites is 1. The van der Waals surface area contributed by atoms with Gasteiger partial charge in [-0.05, 0) is 42.9 Å². The van der Waals surface area contributed by atoms with E-state index in [0.717, 1.165) is 0 Å². The van der Waals surface area contributed by atoms with Crippen LogP contribution in [0.5, 0.6) is 0 Å². The van der Waals surface area contributed by atoms with E-state index in [0.29, 0.717) is 22.0 Å². The molecule has 12 amide bonds. The Morgan fingerprint density at radius 3 is 1.76 bits per heavy atom. The van der Waals surface area contributed by atoms with Gasteiger partial charge in [0.2, 0.25) is 70.9 Å². The number of aliphatic carboxylic acids is 1. The number of carboxylic acid groups (broad SMARTS) is 1. The number of fused-ring (bicyclic) bond motifs is 1. The Morgan fingerprint density at radius 1 is 0.633 bits per heavy atom. The Kier molecular flexibility index (Phi) is 23.8. The maximum absolute atomic E-state index is 14.0. The number of carbonyl (C=O) groups excluding carboxylic acids is 12. The van der Waals surface area contributed by atoms with Crippen molar-refractivity contribution in [1.29, 1.82) is 0 Å². The number of primary amides is 2. The Balaban J connectivity index is 1.45. The van der Waals surface area contributed by atoms with Gasteiger partial charge in [-0.15, -0.1) is 0 Å². The molecule has 428 valence electrons. The molecule has 0 saturated carbocycles. The summed E-state index contributed by atoms with van der Waals surface area (Å²) in [6.07, 6.45) is -1.79. The van der Waals surface area contributed by atoms with Gasteiger partial charge in [0, 0.05) is 36.4 Å². The van der Waals surface area contributed by atoms with Crippen molar-refractivity contribution in [3.05, 3.63) is 71.9 Å². The largest absolute Gasteiger partial charge is 0.481 e. The minimum Gasteiger partial charge on any atom is -0.481 e. The van der Waals surface area contributed by atoms with E-state index >= 15 is 0 Å². The third-order valence-corrected chi connectivity index (χ3v) is 12.1. The van der Waals surface area contributed by atoms with Crippen molar-refractivity contribution in [1.82, 2.24) is 58.2 Å². The molecule has 1 aromatic heterocycles. The maximum atomic E-state index is 14.0. The topological polar surface area (TPSA) is 471 Å². The van der Waals surface area contributed by atoms with Crippen LogP contribution in [0, 0.1) is 5.92 Å². The van der Waals surface area contributed by atoms with Crippen LogP contribution >= 0.6 is 0 Å². The molecule has 29 nitrogen and oxygen atoms in total. The van der Waals surface area contributed by atoms with E-state index in [9.17, 15) is 77.6 Å². The normalized spacial score (nSPS) is 15.9. The lowest BCUT2D eigenvalue weighted by molar-refractivity contribution is -0.141. The van der Waals surface area contributed by atoms with Crippen LogP contribution in [0.25, 0.3) is 10.9 Å². The molecule has 1 aliphatic rings. The second-order valence-corrected chi connectivity index (χ2v) is 19.0. The highest BCUT2D eigenvalue weighted by Crippen LogP contribution is 2.19. The second-order valence-electron chi connectivity index (χ2n) is 19.0. The zero-order valence-electron chi connectivity index (χ0n) is 43.4. The van der Waals surface area contributed by atoms with E-state index in [1.165, 1.54) is 6.92 Å². The summed E-state index contributed by atoms with van der Waals surface area (Å²) < 4.78 is 0. The standard InChI is InChI=1S/C50H67N13O16/c1-24(2)15-32(59-46(75)30-13-14-38(67)56-30)48(77)63-42(25(3)65)50(79)61-33(16-26-9-5-4-6-10-26)47(76)62-36(23-64)49(78)60-35(19-41(70)71)45(74)55-22-40(69)58-34(17-27-20-53-29-12-8-7-11-28(27)29)44(73)54-21-39(68)57-31(43(52)72)18-37(51)66/h4-12,20,24-25,30-36,42,53,64-65H,13-19,21-23H2,1-3H3,(H2,51,66)(H2,52,72)(H,54,73)(H,55,74)(H,56,67)(H,57,68)(H,58,69)(H,59,75)(H,60,78)(H,61,79)(H,62,76)(H,63,77)(H,70,71)/t25-,30+,31+,32+,33+,34+,35+,36+,42+/m1/s1. The maximum Gasteiger partial charge on any atom is 0.305 e. The second kappa shape index (κ2) is 30.1. The number of hydrogen-bond donors (Lipinski definition) is 16. The zero-order valence-corrected chi connectivity index (χ0v) is 43.4. The molecule has 0 spiro atoms. The summed E-state index contributed by atoms with van der Waals surface area (Å²) in [5, 5.41) is 54.8. The van der Waals surface area contributed by atoms with Crippen molar-refractivity contribution in [2.45, 2.75) is 120 Å². The van der Waals surface area contributed by atoms with Crippen LogP contribution < -0.4 is 64.6 Å². The van der Waals surface area contributed by atoms with Crippen LogP contribution in [0.15, 0.2) is 60.8 Å². The highest BCUT2D eigenvalue weighted by molar-refractivity contribution is 5.99. The van der Waals surface area contributed by atoms with Gasteiger partial charge >= 0.3 is 5.97 Å². The number of hydrogen-bond acceptors (Lipinski definition) is 15. The molecule has 0 aliphatic carbocycles. The summed E-state index contributed by atoms with van der Waals surface area (Å²) >= 11 is 0. The highest BCUT2D eigenvalue weighted by atomic mass is 16.4. The summed E-state index contributed by atoms with van der Waals surface area (Å²) in [5.74, 6) is -13.3. The number of aromatic amines is 1. The molecular formula is C50H67N13O16. The number of carboxylic acids is 1. The number of amides is 12. The van der Waals surface area contributed by atoms with E-state index in [1.807, 2.05) is 0 Å². The number of rotatable bonds is 31. The molecule has 4 rings (SSSR count). The molecule has 0 bridgehead atoms. The number of aromatic nitrogens is 1. The molecular weight excluding hydrogens is 1040 g/mol. The van der Waals surface area contributed by atoms with Gasteiger partial charge in [0.25, 0.3) is 0 Å². The molecule has 2 aromatic carbocycles. The minimum absolute atomic E-state index is 0.0884. The first-order chi connectivity index (χ1) is 37.3. The first-order valence-corrected chi connectivity index (χ1v) is 25.0. The Hall–Kier alpha value is -8.99. The third kappa shape index (κ3) is 20.2. The molecule has 1 saturated heterocycles. The predicted molar refractivity (Wildman–Crippen MR) is 276 cm³/mol. The van der Waals surface area contributed by atoms with Gasteiger partial charge in [0.1, 0.15) is 48.3 Å². The number of aliphatic hydroxyl groups is 2. The van der Waals surface area contributed by atoms with Crippen molar-refractivity contribution < 1.29 is 77.6 Å². The van der Waals surface area contributed by atoms with Crippen molar-refractivity contribution in [3.8, 4) is 0 Å². The van der Waals surface area contributed by atoms with E-state index in [2.05, 4.69) is 58.2 Å². The van der Waals surface area contributed by atoms with E-state index in [-0.39, 0.29) is 43.9 Å². The van der Waals surface area contributed by atoms with Crippen LogP contribution in [0.4, 0.5) is 0 Å². The minimum atomic E-state index is -1.96. The smallest absolute Gasteiger partial charge is 0.305 e. The SMILES string of the molecule is CC(C)C[C@H](NC(=O)[C@@H]1CCC(=O)N1)C(=O)N[C@H](C(=O)N[C@@H](Cc1ccccc1)C(=O)N[C@@H](CO)C(=O)N[C@@H](CC(=O)O)C(=O)NCC(=O)N[C@@H](Cc1c[nH]c2ccccc12)C(=O)NCC(=O)N[C@@H](CC(N)=O)C(N)=O)[C@@H](C)O. The monoisotopic (exact) mass is 1110 g/mol. The van der Waals surface area contributed by atoms with Gasteiger partial charge in [-0.25, -0.2) is 0 Å². The predicted octanol–water partition coefficient (Wildman–Crippen LogP) is -5.89. The third-order valence-electron chi connectivity index (χ3n) is 12.1. The van der Waals surface area contributed by atoms with Gasteiger partial charge in [-0.1, -0.05) is 62.4 Å². The fourth-order valence-corrected chi connectivity index (χ4v) is 8.11. The number of nitrogens with one attached hydrogen (secondary N) is 11. The van der Waals surface area contributed by atoms with Crippen LogP contribution in [0.3, 0.4) is 0 Å². The van der Waals surface area contributed by atoms with Gasteiger partial charge in [0.05, 0.1) is 38.6 Å². The average Bonchev–Trinajstić information content (AvgIpc) is 4.04. The number of aliphatic hydroxyl groups excluding tert-OH is 2. The molecule has 1 aliphatic heterocycles. The number of H-pyrrole nitrogens is 1. The lowest BCUT2D eigenvalue weighted by atomic mass is 10.0. The first-order valence-electron chi connectivity index (χ1n) is 25.0. The number of benzene rings is 2. The average molecular weight is 1110 g/mol. The van der Waals surface area contributed by atoms with Crippen LogP contribution in [-0.4, -0.2) is 171 Å². The molecule has 1 fully saturated rings. The van der Waals surface area contributed by atoms with Crippen molar-refractivity contribution >= 4 is 87.8 Å². The van der Waals surface area contributed by atoms with Gasteiger partial charge in [-0.2, -0.15) is 0 Å². The molecule has 18 N–H and O–H groups in total. The van der Waals surface area contributed by atoms with Crippen LogP contribution in [-0.2, 0) is 75.2 Å². The molecule has 79 heavy (non-hydrogen) atoms. The Bertz CT molecular complexity index is 2730. The lowest BCUT2D eigenvalue weighted by Gasteiger charge is -2.28. The van der Waals surface area contributed by atoms with Crippen molar-refractivity contribution in [2.24, 2.45) is 17.4 Å².